The number of nitrogens with one attached hydrogen (secondary N) is 2. The standard InChI is InChI=1S/C44H49N7O5/c1-5-6-7-38(39(52)45-4)51-40(53)36-17-12-32(20-37(36)41(51)54)47-21-29-22-49(23-29)34-13-8-30(9-14-34)43(2,3)31-10-15-35(16-11-31)56-24-33-18-19-46-42(48-33)50-25-44(26-50)27-55-28-44/h5,8-20,29,38,47H,1,6-7,21-28H2,2-4H3,(H,45,52). The zero-order chi connectivity index (χ0) is 39.0. The topological polar surface area (TPSA) is 129 Å². The van der Waals surface area contributed by atoms with Gasteiger partial charge in [0.15, 0.2) is 0 Å². The van der Waals surface area contributed by atoms with Crippen molar-refractivity contribution in [1.29, 1.82) is 0 Å². The molecule has 56 heavy (non-hydrogen) atoms. The van der Waals surface area contributed by atoms with Crippen LogP contribution in [0.15, 0.2) is 91.6 Å². The average Bonchev–Trinajstić information content (AvgIpc) is 3.40. The van der Waals surface area contributed by atoms with Crippen molar-refractivity contribution in [3.05, 3.63) is 120 Å². The van der Waals surface area contributed by atoms with Crippen LogP contribution in [0.5, 0.6) is 5.75 Å². The third-order valence-electron chi connectivity index (χ3n) is 11.7. The summed E-state index contributed by atoms with van der Waals surface area (Å²) in [5, 5.41) is 6.04. The molecule has 0 aliphatic carbocycles. The number of rotatable bonds is 15. The number of likely N-dealkylation sites (N-methyl/N-ethyl adjacent to an activating group) is 1. The largest absolute Gasteiger partial charge is 0.487 e. The van der Waals surface area contributed by atoms with E-state index in [1.807, 2.05) is 24.3 Å². The number of imide groups is 1. The number of fused-ring (bicyclic) bond motifs is 1. The molecule has 0 bridgehead atoms. The molecule has 4 aromatic rings. The minimum Gasteiger partial charge on any atom is -0.487 e. The highest BCUT2D eigenvalue weighted by Crippen LogP contribution is 2.39. The number of carbonyl (C=O) groups excluding carboxylic acids is 3. The molecular formula is C44H49N7O5. The van der Waals surface area contributed by atoms with Crippen molar-refractivity contribution < 1.29 is 23.9 Å². The van der Waals surface area contributed by atoms with E-state index in [1.165, 1.54) is 23.9 Å². The van der Waals surface area contributed by atoms with Gasteiger partial charge in [-0.25, -0.2) is 9.97 Å². The SMILES string of the molecule is C=CCCC(C(=O)NC)N1C(=O)c2ccc(NCC3CN(c4ccc(C(C)(C)c5ccc(OCc6ccnc(N7CC8(COC8)C7)n6)cc5)cc4)C3)cc2C1=O. The van der Waals surface area contributed by atoms with Crippen molar-refractivity contribution in [1.82, 2.24) is 20.2 Å². The Labute approximate surface area is 327 Å². The van der Waals surface area contributed by atoms with E-state index in [-0.39, 0.29) is 11.3 Å². The third-order valence-corrected chi connectivity index (χ3v) is 11.7. The van der Waals surface area contributed by atoms with Crippen molar-refractivity contribution in [3.8, 4) is 5.75 Å². The Morgan fingerprint density at radius 1 is 0.982 bits per heavy atom. The number of hydrogen-bond acceptors (Lipinski definition) is 10. The van der Waals surface area contributed by atoms with Crippen LogP contribution in [0.25, 0.3) is 0 Å². The summed E-state index contributed by atoms with van der Waals surface area (Å²) in [5.74, 6) is 0.737. The Morgan fingerprint density at radius 3 is 2.34 bits per heavy atom. The van der Waals surface area contributed by atoms with Gasteiger partial charge in [-0.05, 0) is 72.5 Å². The number of allylic oxidation sites excluding steroid dienone is 1. The second-order valence-corrected chi connectivity index (χ2v) is 16.1. The predicted molar refractivity (Wildman–Crippen MR) is 215 cm³/mol. The molecule has 4 aliphatic rings. The summed E-state index contributed by atoms with van der Waals surface area (Å²) < 4.78 is 11.5. The Hall–Kier alpha value is -5.75. The van der Waals surface area contributed by atoms with Gasteiger partial charge in [-0.3, -0.25) is 19.3 Å². The van der Waals surface area contributed by atoms with E-state index < -0.39 is 17.9 Å². The zero-order valence-corrected chi connectivity index (χ0v) is 32.3. The first-order chi connectivity index (χ1) is 27.1. The molecule has 1 aromatic heterocycles. The second kappa shape index (κ2) is 15.1. The maximum atomic E-state index is 13.3. The van der Waals surface area contributed by atoms with E-state index in [0.717, 1.165) is 73.9 Å². The van der Waals surface area contributed by atoms with Gasteiger partial charge < -0.3 is 29.9 Å². The summed E-state index contributed by atoms with van der Waals surface area (Å²) in [4.78, 5) is 53.9. The highest BCUT2D eigenvalue weighted by atomic mass is 16.5. The van der Waals surface area contributed by atoms with Crippen LogP contribution in [0.3, 0.4) is 0 Å². The summed E-state index contributed by atoms with van der Waals surface area (Å²) in [6.45, 7) is 14.7. The molecule has 0 saturated carbocycles. The van der Waals surface area contributed by atoms with Gasteiger partial charge in [-0.2, -0.15) is 0 Å². The fraction of sp³-hybridized carbons (Fsp3) is 0.386. The van der Waals surface area contributed by atoms with Gasteiger partial charge in [0.25, 0.3) is 11.8 Å². The lowest BCUT2D eigenvalue weighted by molar-refractivity contribution is -0.127. The van der Waals surface area contributed by atoms with Gasteiger partial charge in [0.1, 0.15) is 18.4 Å². The molecule has 12 heteroatoms. The molecule has 1 atom stereocenters. The maximum Gasteiger partial charge on any atom is 0.262 e. The first kappa shape index (κ1) is 37.2. The van der Waals surface area contributed by atoms with Gasteiger partial charge in [0.2, 0.25) is 11.9 Å². The van der Waals surface area contributed by atoms with Crippen LogP contribution in [-0.2, 0) is 21.6 Å². The molecule has 4 aliphatic heterocycles. The van der Waals surface area contributed by atoms with E-state index in [1.54, 1.807) is 24.4 Å². The Morgan fingerprint density at radius 2 is 1.68 bits per heavy atom. The molecule has 12 nitrogen and oxygen atoms in total. The van der Waals surface area contributed by atoms with Crippen LogP contribution < -0.4 is 25.2 Å². The first-order valence-electron chi connectivity index (χ1n) is 19.4. The van der Waals surface area contributed by atoms with Gasteiger partial charge >= 0.3 is 0 Å². The smallest absolute Gasteiger partial charge is 0.262 e. The number of ether oxygens (including phenoxy) is 2. The number of amides is 3. The number of carbonyl (C=O) groups is 3. The molecule has 0 radical (unpaired) electrons. The van der Waals surface area contributed by atoms with E-state index in [0.29, 0.717) is 41.9 Å². The van der Waals surface area contributed by atoms with Crippen LogP contribution in [0.1, 0.15) is 64.2 Å². The summed E-state index contributed by atoms with van der Waals surface area (Å²) in [7, 11) is 1.51. The van der Waals surface area contributed by atoms with E-state index in [2.05, 4.69) is 82.2 Å². The van der Waals surface area contributed by atoms with Gasteiger partial charge in [0.05, 0.1) is 35.4 Å². The van der Waals surface area contributed by atoms with Crippen molar-refractivity contribution >= 4 is 35.0 Å². The van der Waals surface area contributed by atoms with Gasteiger partial charge in [-0.15, -0.1) is 6.58 Å². The summed E-state index contributed by atoms with van der Waals surface area (Å²) in [5.41, 5.74) is 6.01. The second-order valence-electron chi connectivity index (χ2n) is 16.1. The highest BCUT2D eigenvalue weighted by molar-refractivity contribution is 6.23. The zero-order valence-electron chi connectivity index (χ0n) is 32.3. The normalized spacial score (nSPS) is 17.8. The number of nitrogens with zero attached hydrogens (tertiary/aromatic N) is 5. The van der Waals surface area contributed by atoms with Crippen LogP contribution in [-0.4, -0.2) is 91.6 Å². The maximum absolute atomic E-state index is 13.3. The van der Waals surface area contributed by atoms with Crippen molar-refractivity contribution in [3.63, 3.8) is 0 Å². The van der Waals surface area contributed by atoms with Crippen LogP contribution in [0.2, 0.25) is 0 Å². The minimum atomic E-state index is -0.877. The fourth-order valence-corrected chi connectivity index (χ4v) is 8.12. The lowest BCUT2D eigenvalue weighted by Crippen LogP contribution is -2.66. The van der Waals surface area contributed by atoms with E-state index in [9.17, 15) is 14.4 Å². The lowest BCUT2D eigenvalue weighted by Gasteiger charge is -2.54. The number of hydrogen-bond donors (Lipinski definition) is 2. The van der Waals surface area contributed by atoms with Gasteiger partial charge in [-0.1, -0.05) is 44.2 Å². The quantitative estimate of drug-likeness (QED) is 0.120. The van der Waals surface area contributed by atoms with Crippen molar-refractivity contribution in [2.24, 2.45) is 11.3 Å². The molecule has 3 aromatic carbocycles. The summed E-state index contributed by atoms with van der Waals surface area (Å²) >= 11 is 0. The molecule has 3 fully saturated rings. The molecule has 3 amide bonds. The summed E-state index contributed by atoms with van der Waals surface area (Å²) in [6.07, 6.45) is 4.32. The van der Waals surface area contributed by atoms with Crippen LogP contribution in [0, 0.1) is 11.3 Å². The molecule has 1 unspecified atom stereocenters. The Bertz CT molecular complexity index is 2120. The average molecular weight is 756 g/mol. The number of benzene rings is 3. The molecule has 2 N–H and O–H groups in total. The monoisotopic (exact) mass is 755 g/mol. The first-order valence-corrected chi connectivity index (χ1v) is 19.4. The number of anilines is 3. The van der Waals surface area contributed by atoms with E-state index in [4.69, 9.17) is 14.5 Å². The molecule has 5 heterocycles. The van der Waals surface area contributed by atoms with E-state index >= 15 is 0 Å². The third kappa shape index (κ3) is 7.09. The van der Waals surface area contributed by atoms with Gasteiger partial charge in [0, 0.05) is 68.7 Å². The van der Waals surface area contributed by atoms with Crippen molar-refractivity contribution in [2.75, 3.05) is 68.1 Å². The number of aromatic nitrogens is 2. The minimum absolute atomic E-state index is 0.201. The molecule has 3 saturated heterocycles. The lowest BCUT2D eigenvalue weighted by atomic mass is 9.78. The Balaban J connectivity index is 0.811. The predicted octanol–water partition coefficient (Wildman–Crippen LogP) is 5.44. The molecular weight excluding hydrogens is 707 g/mol. The van der Waals surface area contributed by atoms with Crippen LogP contribution in [0.4, 0.5) is 17.3 Å². The molecule has 8 rings (SSSR count). The molecule has 290 valence electrons. The fourth-order valence-electron chi connectivity index (χ4n) is 8.12. The highest BCUT2D eigenvalue weighted by Gasteiger charge is 2.50. The van der Waals surface area contributed by atoms with Crippen molar-refractivity contribution in [2.45, 2.75) is 44.8 Å². The Kier molecular flexibility index (Phi) is 10.0. The molecule has 1 spiro atoms. The van der Waals surface area contributed by atoms with Crippen LogP contribution >= 0.6 is 0 Å². The summed E-state index contributed by atoms with van der Waals surface area (Å²) in [6, 6.07) is 23.4.